The van der Waals surface area contributed by atoms with E-state index in [0.29, 0.717) is 28.3 Å². The maximum Gasteiger partial charge on any atom is 0.329 e. The van der Waals surface area contributed by atoms with Crippen LogP contribution in [0, 0.1) is 5.82 Å². The molecule has 1 N–H and O–H groups in total. The topological polar surface area (TPSA) is 91.9 Å². The number of halogens is 1. The summed E-state index contributed by atoms with van der Waals surface area (Å²) in [5, 5.41) is 9.10. The molecule has 9 heteroatoms. The summed E-state index contributed by atoms with van der Waals surface area (Å²) in [4.78, 5) is 24.0. The number of hydrogen-bond donors (Lipinski definition) is 1. The minimum absolute atomic E-state index is 0.101. The Hall–Kier alpha value is -3.49. The molecule has 0 atom stereocenters. The zero-order valence-corrected chi connectivity index (χ0v) is 15.6. The van der Waals surface area contributed by atoms with Crippen molar-refractivity contribution in [3.05, 3.63) is 52.2 Å². The van der Waals surface area contributed by atoms with Gasteiger partial charge < -0.3 is 19.3 Å². The molecule has 0 aliphatic carbocycles. The van der Waals surface area contributed by atoms with Crippen molar-refractivity contribution in [3.63, 3.8) is 0 Å². The van der Waals surface area contributed by atoms with Gasteiger partial charge in [0.1, 0.15) is 12.4 Å². The highest BCUT2D eigenvalue weighted by molar-refractivity contribution is 5.78. The van der Waals surface area contributed by atoms with Gasteiger partial charge in [-0.2, -0.15) is 0 Å². The molecule has 0 spiro atoms. The van der Waals surface area contributed by atoms with Crippen molar-refractivity contribution in [2.24, 2.45) is 0 Å². The van der Waals surface area contributed by atoms with Gasteiger partial charge in [-0.1, -0.05) is 0 Å². The average molecular weight is 390 g/mol. The smallest absolute Gasteiger partial charge is 0.329 e. The van der Waals surface area contributed by atoms with Gasteiger partial charge in [0.05, 0.1) is 38.9 Å². The Kier molecular flexibility index (Phi) is 5.25. The second-order valence-corrected chi connectivity index (χ2v) is 6.02. The third kappa shape index (κ3) is 3.38. The van der Waals surface area contributed by atoms with Gasteiger partial charge >= 0.3 is 11.7 Å². The first-order chi connectivity index (χ1) is 13.4. The summed E-state index contributed by atoms with van der Waals surface area (Å²) >= 11 is 0. The third-order valence-electron chi connectivity index (χ3n) is 4.34. The molecule has 0 unspecified atom stereocenters. The molecule has 0 aliphatic heterocycles. The third-order valence-corrected chi connectivity index (χ3v) is 4.34. The number of methoxy groups -OCH3 is 3. The van der Waals surface area contributed by atoms with Crippen molar-refractivity contribution in [1.29, 1.82) is 0 Å². The lowest BCUT2D eigenvalue weighted by Crippen LogP contribution is -2.27. The number of fused-ring (bicyclic) bond motifs is 1. The lowest BCUT2D eigenvalue weighted by Gasteiger charge is -2.14. The molecule has 2 aromatic carbocycles. The minimum Gasteiger partial charge on any atom is -0.493 e. The van der Waals surface area contributed by atoms with Crippen LogP contribution in [0.1, 0.15) is 5.56 Å². The van der Waals surface area contributed by atoms with E-state index < -0.39 is 24.0 Å². The van der Waals surface area contributed by atoms with E-state index in [1.807, 2.05) is 0 Å². The zero-order valence-electron chi connectivity index (χ0n) is 15.6. The molecular formula is C19H19FN2O6. The predicted octanol–water partition coefficient (Wildman–Crippen LogP) is 2.10. The van der Waals surface area contributed by atoms with E-state index in [2.05, 4.69) is 0 Å². The summed E-state index contributed by atoms with van der Waals surface area (Å²) in [6.45, 7) is -0.467. The molecule has 0 saturated heterocycles. The molecule has 1 aromatic heterocycles. The van der Waals surface area contributed by atoms with Crippen molar-refractivity contribution in [1.82, 2.24) is 9.13 Å². The van der Waals surface area contributed by atoms with Gasteiger partial charge in [0.25, 0.3) is 0 Å². The van der Waals surface area contributed by atoms with Gasteiger partial charge in [0.2, 0.25) is 5.75 Å². The van der Waals surface area contributed by atoms with Gasteiger partial charge in [0.15, 0.2) is 11.5 Å². The van der Waals surface area contributed by atoms with Crippen molar-refractivity contribution < 1.29 is 28.5 Å². The number of ether oxygens (including phenoxy) is 3. The van der Waals surface area contributed by atoms with Crippen molar-refractivity contribution in [2.75, 3.05) is 21.3 Å². The van der Waals surface area contributed by atoms with Crippen molar-refractivity contribution in [3.8, 4) is 17.2 Å². The normalized spacial score (nSPS) is 10.9. The highest BCUT2D eigenvalue weighted by Crippen LogP contribution is 2.38. The van der Waals surface area contributed by atoms with Crippen molar-refractivity contribution in [2.45, 2.75) is 13.1 Å². The predicted molar refractivity (Wildman–Crippen MR) is 99.0 cm³/mol. The number of rotatable bonds is 7. The van der Waals surface area contributed by atoms with E-state index in [0.717, 1.165) is 10.6 Å². The number of aliphatic carboxylic acids is 1. The number of carboxylic acids is 1. The lowest BCUT2D eigenvalue weighted by molar-refractivity contribution is -0.137. The molecule has 3 rings (SSSR count). The van der Waals surface area contributed by atoms with Crippen LogP contribution in [-0.4, -0.2) is 41.5 Å². The molecule has 0 bridgehead atoms. The Morgan fingerprint density at radius 3 is 2.18 bits per heavy atom. The van der Waals surface area contributed by atoms with Gasteiger partial charge in [-0.25, -0.2) is 9.18 Å². The van der Waals surface area contributed by atoms with Crippen LogP contribution in [0.15, 0.2) is 35.1 Å². The number of aromatic nitrogens is 2. The fourth-order valence-corrected chi connectivity index (χ4v) is 3.14. The van der Waals surface area contributed by atoms with Gasteiger partial charge in [-0.15, -0.1) is 0 Å². The second kappa shape index (κ2) is 7.63. The summed E-state index contributed by atoms with van der Waals surface area (Å²) in [5.74, 6) is -0.498. The molecule has 1 heterocycles. The molecule has 0 saturated carbocycles. The summed E-state index contributed by atoms with van der Waals surface area (Å²) in [6, 6.07) is 7.20. The molecule has 0 amide bonds. The first kappa shape index (κ1) is 19.3. The highest BCUT2D eigenvalue weighted by atomic mass is 19.1. The number of imidazole rings is 1. The van der Waals surface area contributed by atoms with Crippen molar-refractivity contribution >= 4 is 17.0 Å². The Balaban J connectivity index is 2.17. The summed E-state index contributed by atoms with van der Waals surface area (Å²) < 4.78 is 32.0. The monoisotopic (exact) mass is 390 g/mol. The standard InChI is InChI=1S/C19H19FN2O6/c1-26-15-6-11(7-16(27-2)18(15)28-3)9-21-13-5-4-12(20)8-14(13)22(19(21)25)10-17(23)24/h4-8H,9-10H2,1-3H3,(H,23,24). The molecule has 0 aliphatic rings. The Morgan fingerprint density at radius 2 is 1.64 bits per heavy atom. The van der Waals surface area contributed by atoms with E-state index in [-0.39, 0.29) is 12.1 Å². The van der Waals surface area contributed by atoms with Crippen LogP contribution < -0.4 is 19.9 Å². The number of hydrogen-bond acceptors (Lipinski definition) is 5. The number of carboxylic acid groups (broad SMARTS) is 1. The maximum atomic E-state index is 13.7. The molecule has 8 nitrogen and oxygen atoms in total. The van der Waals surface area contributed by atoms with Crippen LogP contribution >= 0.6 is 0 Å². The summed E-state index contributed by atoms with van der Waals surface area (Å²) in [7, 11) is 4.45. The van der Waals surface area contributed by atoms with E-state index in [1.54, 1.807) is 12.1 Å². The van der Waals surface area contributed by atoms with Crippen LogP contribution in [0.4, 0.5) is 4.39 Å². The second-order valence-electron chi connectivity index (χ2n) is 6.02. The lowest BCUT2D eigenvalue weighted by atomic mass is 10.1. The quantitative estimate of drug-likeness (QED) is 0.664. The fourth-order valence-electron chi connectivity index (χ4n) is 3.14. The SMILES string of the molecule is COc1cc(Cn2c(=O)n(CC(=O)O)c3cc(F)ccc32)cc(OC)c1OC. The fraction of sp³-hybridized carbons (Fsp3) is 0.263. The summed E-state index contributed by atoms with van der Waals surface area (Å²) in [6.07, 6.45) is 0. The Bertz CT molecular complexity index is 1080. The Labute approximate surface area is 159 Å². The molecule has 0 fully saturated rings. The molecule has 3 aromatic rings. The van der Waals surface area contributed by atoms with Gasteiger partial charge in [0, 0.05) is 0 Å². The molecular weight excluding hydrogens is 371 g/mol. The largest absolute Gasteiger partial charge is 0.493 e. The van der Waals surface area contributed by atoms with E-state index in [1.165, 1.54) is 38.0 Å². The number of carbonyl (C=O) groups is 1. The van der Waals surface area contributed by atoms with Crippen LogP contribution in [0.2, 0.25) is 0 Å². The Morgan fingerprint density at radius 1 is 1.00 bits per heavy atom. The minimum atomic E-state index is -1.20. The zero-order chi connectivity index (χ0) is 20.4. The van der Waals surface area contributed by atoms with Crippen LogP contribution in [0.25, 0.3) is 11.0 Å². The molecule has 148 valence electrons. The summed E-state index contributed by atoms with van der Waals surface area (Å²) in [5.41, 5.74) is 0.730. The average Bonchev–Trinajstić information content (AvgIpc) is 2.91. The van der Waals surface area contributed by atoms with Crippen LogP contribution in [0.5, 0.6) is 17.2 Å². The van der Waals surface area contributed by atoms with E-state index >= 15 is 0 Å². The van der Waals surface area contributed by atoms with Gasteiger partial charge in [-0.05, 0) is 35.9 Å². The van der Waals surface area contributed by atoms with Crippen LogP contribution in [-0.2, 0) is 17.9 Å². The number of benzene rings is 2. The van der Waals surface area contributed by atoms with E-state index in [4.69, 9.17) is 19.3 Å². The molecule has 28 heavy (non-hydrogen) atoms. The maximum absolute atomic E-state index is 13.7. The number of nitrogens with zero attached hydrogens (tertiary/aromatic N) is 2. The first-order valence-electron chi connectivity index (χ1n) is 8.28. The van der Waals surface area contributed by atoms with E-state index in [9.17, 15) is 14.0 Å². The molecule has 0 radical (unpaired) electrons. The first-order valence-corrected chi connectivity index (χ1v) is 8.28. The van der Waals surface area contributed by atoms with Crippen LogP contribution in [0.3, 0.4) is 0 Å². The van der Waals surface area contributed by atoms with Gasteiger partial charge in [-0.3, -0.25) is 13.9 Å². The highest BCUT2D eigenvalue weighted by Gasteiger charge is 2.18.